The molecule has 6 aromatic rings. The fourth-order valence-corrected chi connectivity index (χ4v) is 6.45. The number of benzene rings is 4. The van der Waals surface area contributed by atoms with Crippen LogP contribution >= 0.6 is 22.7 Å². The smallest absolute Gasteiger partial charge is 0.305 e. The van der Waals surface area contributed by atoms with E-state index in [2.05, 4.69) is 94.2 Å². The number of rotatable bonds is 12. The number of carbonyl (C=O) groups is 2. The Morgan fingerprint density at radius 2 is 0.833 bits per heavy atom. The van der Waals surface area contributed by atoms with Crippen molar-refractivity contribution in [2.24, 2.45) is 0 Å². The summed E-state index contributed by atoms with van der Waals surface area (Å²) in [6.07, 6.45) is 2.10. The molecule has 0 amide bonds. The average molecular weight is 675 g/mol. The molecular weight excluding hydrogens is 637 g/mol. The maximum atomic E-state index is 11.3. The number of ether oxygens (including phenoxy) is 2. The molecule has 0 aliphatic heterocycles. The molecule has 0 spiro atoms. The van der Waals surface area contributed by atoms with Gasteiger partial charge in [-0.05, 0) is 107 Å². The maximum Gasteiger partial charge on any atom is 0.305 e. The lowest BCUT2D eigenvalue weighted by Gasteiger charge is -2.10. The molecule has 2 aromatic heterocycles. The predicted octanol–water partition coefficient (Wildman–Crippen LogP) is 10.5. The van der Waals surface area contributed by atoms with Gasteiger partial charge >= 0.3 is 11.9 Å². The second-order valence-corrected chi connectivity index (χ2v) is 12.8. The summed E-state index contributed by atoms with van der Waals surface area (Å²) in [7, 11) is 2.82. The van der Waals surface area contributed by atoms with Gasteiger partial charge in [-0.2, -0.15) is 0 Å². The van der Waals surface area contributed by atoms with Crippen LogP contribution in [0.25, 0.3) is 20.9 Å². The van der Waals surface area contributed by atoms with Crippen molar-refractivity contribution in [2.75, 3.05) is 24.9 Å². The molecule has 4 aromatic carbocycles. The van der Waals surface area contributed by atoms with Crippen LogP contribution in [0.2, 0.25) is 0 Å². The Kier molecular flexibility index (Phi) is 12.6. The van der Waals surface area contributed by atoms with Crippen LogP contribution in [0.15, 0.2) is 132 Å². The molecule has 0 unspecified atom stereocenters. The Morgan fingerprint density at radius 3 is 1.12 bits per heavy atom. The van der Waals surface area contributed by atoms with Crippen molar-refractivity contribution >= 4 is 57.4 Å². The second-order valence-electron chi connectivity index (χ2n) is 10.9. The minimum Gasteiger partial charge on any atom is -0.469 e. The minimum atomic E-state index is -0.196. The van der Waals surface area contributed by atoms with Crippen LogP contribution in [0.1, 0.15) is 24.0 Å². The number of nitrogens with one attached hydrogen (secondary N) is 2. The van der Waals surface area contributed by atoms with Gasteiger partial charge in [0.05, 0.1) is 14.2 Å². The molecule has 0 aliphatic carbocycles. The van der Waals surface area contributed by atoms with E-state index in [-0.39, 0.29) is 11.9 Å². The van der Waals surface area contributed by atoms with Gasteiger partial charge in [-0.3, -0.25) is 9.59 Å². The standard InChI is InChI=1S/C32H32N2O4.C8H6S2/c1-37-31(35)21-7-23-3-13-27(14-4-23)33-29-17-9-25(10-18-29)26-11-19-30(20-12-26)34-28-15-5-24(6-16-28)8-22-32(36)38-2;1-3-7(9-5-1)8-4-2-6-10-8/h3-6,9-20,33-34H,7-8,21-22H2,1-2H3;1-6H. The van der Waals surface area contributed by atoms with E-state index < -0.39 is 0 Å². The van der Waals surface area contributed by atoms with E-state index >= 15 is 0 Å². The Balaban J connectivity index is 0.000000380. The van der Waals surface area contributed by atoms with Crippen LogP contribution in [-0.2, 0) is 31.9 Å². The molecule has 6 nitrogen and oxygen atoms in total. The van der Waals surface area contributed by atoms with Crippen molar-refractivity contribution in [1.29, 1.82) is 0 Å². The van der Waals surface area contributed by atoms with Crippen LogP contribution in [-0.4, -0.2) is 26.2 Å². The number of thiophene rings is 2. The summed E-state index contributed by atoms with van der Waals surface area (Å²) >= 11 is 3.58. The molecule has 8 heteroatoms. The van der Waals surface area contributed by atoms with Crippen LogP contribution in [0.5, 0.6) is 0 Å². The number of methoxy groups -OCH3 is 2. The van der Waals surface area contributed by atoms with Gasteiger partial charge in [-0.25, -0.2) is 0 Å². The number of hydrogen-bond acceptors (Lipinski definition) is 8. The maximum absolute atomic E-state index is 11.3. The molecule has 2 heterocycles. The molecule has 0 saturated heterocycles. The van der Waals surface area contributed by atoms with Gasteiger partial charge in [0.25, 0.3) is 0 Å². The Labute approximate surface area is 290 Å². The largest absolute Gasteiger partial charge is 0.469 e. The predicted molar refractivity (Wildman–Crippen MR) is 200 cm³/mol. The summed E-state index contributed by atoms with van der Waals surface area (Å²) in [5, 5.41) is 11.0. The number of carbonyl (C=O) groups excluding carboxylic acids is 2. The van der Waals surface area contributed by atoms with Crippen molar-refractivity contribution in [3.05, 3.63) is 143 Å². The number of anilines is 4. The lowest BCUT2D eigenvalue weighted by Crippen LogP contribution is -2.01. The van der Waals surface area contributed by atoms with Crippen molar-refractivity contribution < 1.29 is 19.1 Å². The Bertz CT molecular complexity index is 1690. The fraction of sp³-hybridized carbons (Fsp3) is 0.150. The third-order valence-corrected chi connectivity index (χ3v) is 9.50. The second kappa shape index (κ2) is 17.7. The molecule has 244 valence electrons. The number of hydrogen-bond donors (Lipinski definition) is 2. The van der Waals surface area contributed by atoms with Crippen molar-refractivity contribution in [3.8, 4) is 20.9 Å². The normalized spacial score (nSPS) is 10.4. The lowest BCUT2D eigenvalue weighted by atomic mass is 10.0. The molecule has 0 fully saturated rings. The first kappa shape index (κ1) is 34.2. The monoisotopic (exact) mass is 674 g/mol. The van der Waals surface area contributed by atoms with Crippen molar-refractivity contribution in [2.45, 2.75) is 25.7 Å². The fourth-order valence-electron chi connectivity index (χ4n) is 4.87. The van der Waals surface area contributed by atoms with E-state index in [0.29, 0.717) is 25.7 Å². The van der Waals surface area contributed by atoms with Gasteiger partial charge in [0.1, 0.15) is 0 Å². The molecule has 0 atom stereocenters. The highest BCUT2D eigenvalue weighted by Crippen LogP contribution is 2.29. The Hall–Kier alpha value is -5.18. The van der Waals surface area contributed by atoms with Gasteiger partial charge in [0.15, 0.2) is 0 Å². The zero-order chi connectivity index (χ0) is 33.6. The summed E-state index contributed by atoms with van der Waals surface area (Å²) in [6.45, 7) is 0. The number of esters is 2. The topological polar surface area (TPSA) is 76.7 Å². The van der Waals surface area contributed by atoms with Crippen LogP contribution in [0, 0.1) is 0 Å². The van der Waals surface area contributed by atoms with Crippen LogP contribution in [0.3, 0.4) is 0 Å². The van der Waals surface area contributed by atoms with E-state index in [4.69, 9.17) is 9.47 Å². The molecule has 0 aliphatic rings. The molecule has 0 bridgehead atoms. The van der Waals surface area contributed by atoms with Gasteiger partial charge in [-0.1, -0.05) is 60.7 Å². The first-order valence-corrected chi connectivity index (χ1v) is 17.4. The average Bonchev–Trinajstić information content (AvgIpc) is 3.87. The van der Waals surface area contributed by atoms with Crippen LogP contribution in [0.4, 0.5) is 22.7 Å². The van der Waals surface area contributed by atoms with Gasteiger partial charge < -0.3 is 20.1 Å². The van der Waals surface area contributed by atoms with Gasteiger partial charge in [-0.15, -0.1) is 22.7 Å². The molecule has 0 saturated carbocycles. The molecule has 2 N–H and O–H groups in total. The molecule has 6 rings (SSSR count). The van der Waals surface area contributed by atoms with Gasteiger partial charge in [0.2, 0.25) is 0 Å². The minimum absolute atomic E-state index is 0.196. The van der Waals surface area contributed by atoms with E-state index in [1.165, 1.54) is 24.0 Å². The van der Waals surface area contributed by atoms with E-state index in [0.717, 1.165) is 45.0 Å². The van der Waals surface area contributed by atoms with E-state index in [9.17, 15) is 9.59 Å². The first-order valence-electron chi connectivity index (χ1n) is 15.6. The van der Waals surface area contributed by atoms with Crippen LogP contribution < -0.4 is 10.6 Å². The highest BCUT2D eigenvalue weighted by Gasteiger charge is 2.05. The van der Waals surface area contributed by atoms with E-state index in [1.807, 2.05) is 48.5 Å². The van der Waals surface area contributed by atoms with Crippen molar-refractivity contribution in [1.82, 2.24) is 0 Å². The summed E-state index contributed by atoms with van der Waals surface area (Å²) in [6, 6.07) is 41.3. The van der Waals surface area contributed by atoms with E-state index in [1.54, 1.807) is 22.7 Å². The first-order chi connectivity index (χ1) is 23.5. The third-order valence-electron chi connectivity index (χ3n) is 7.56. The summed E-state index contributed by atoms with van der Waals surface area (Å²) in [4.78, 5) is 25.4. The highest BCUT2D eigenvalue weighted by molar-refractivity contribution is 7.20. The quantitative estimate of drug-likeness (QED) is 0.126. The zero-order valence-corrected chi connectivity index (χ0v) is 28.6. The summed E-state index contributed by atoms with van der Waals surface area (Å²) < 4.78 is 9.40. The lowest BCUT2D eigenvalue weighted by molar-refractivity contribution is -0.141. The summed E-state index contributed by atoms with van der Waals surface area (Å²) in [5.41, 5.74) is 8.46. The highest BCUT2D eigenvalue weighted by atomic mass is 32.1. The summed E-state index contributed by atoms with van der Waals surface area (Å²) in [5.74, 6) is -0.393. The SMILES string of the molecule is COC(=O)CCc1ccc(Nc2ccc(-c3ccc(Nc4ccc(CCC(=O)OC)cc4)cc3)cc2)cc1.c1csc(-c2cccs2)c1. The van der Waals surface area contributed by atoms with Gasteiger partial charge in [0, 0.05) is 45.3 Å². The zero-order valence-electron chi connectivity index (χ0n) is 27.0. The van der Waals surface area contributed by atoms with Crippen molar-refractivity contribution in [3.63, 3.8) is 0 Å². The Morgan fingerprint density at radius 1 is 0.500 bits per heavy atom. The molecular formula is C40H38N2O4S2. The molecule has 0 radical (unpaired) electrons. The third kappa shape index (κ3) is 10.4. The number of aryl methyl sites for hydroxylation is 2. The molecule has 48 heavy (non-hydrogen) atoms.